The summed E-state index contributed by atoms with van der Waals surface area (Å²) in [4.78, 5) is 13.7. The second kappa shape index (κ2) is 8.15. The second-order valence-electron chi connectivity index (χ2n) is 7.60. The molecule has 0 aliphatic carbocycles. The van der Waals surface area contributed by atoms with Crippen molar-refractivity contribution in [3.05, 3.63) is 34.9 Å². The molecule has 1 aromatic rings. The van der Waals surface area contributed by atoms with Crippen LogP contribution in [0.3, 0.4) is 0 Å². The fourth-order valence-corrected chi connectivity index (χ4v) is 4.56. The Morgan fingerprint density at radius 2 is 1.77 bits per heavy atom. The summed E-state index contributed by atoms with van der Waals surface area (Å²) in [7, 11) is -1.69. The number of carbonyl (C=O) groups is 1. The quantitative estimate of drug-likeness (QED) is 0.772. The molecule has 6 nitrogen and oxygen atoms in total. The Kier molecular flexibility index (Phi) is 6.58. The summed E-state index contributed by atoms with van der Waals surface area (Å²) in [6.07, 6.45) is 0.811. The summed E-state index contributed by atoms with van der Waals surface area (Å²) in [6, 6.07) is 6.81. The first kappa shape index (κ1) is 21.0. The molecule has 8 heteroatoms. The molecule has 0 atom stereocenters. The van der Waals surface area contributed by atoms with Crippen LogP contribution >= 0.6 is 11.6 Å². The van der Waals surface area contributed by atoms with E-state index < -0.39 is 15.6 Å². The zero-order valence-corrected chi connectivity index (χ0v) is 17.3. The van der Waals surface area contributed by atoms with Gasteiger partial charge in [0.15, 0.2) is 0 Å². The molecule has 1 aliphatic rings. The number of halogens is 1. The van der Waals surface area contributed by atoms with Crippen LogP contribution < -0.4 is 0 Å². The molecule has 2 rings (SSSR count). The minimum absolute atomic E-state index is 0.0215. The smallest absolute Gasteiger partial charge is 0.410 e. The van der Waals surface area contributed by atoms with E-state index in [0.717, 1.165) is 0 Å². The monoisotopic (exact) mass is 402 g/mol. The van der Waals surface area contributed by atoms with Gasteiger partial charge in [-0.05, 0) is 51.3 Å². The minimum atomic E-state index is -3.39. The molecular weight excluding hydrogens is 376 g/mol. The third-order valence-electron chi connectivity index (χ3n) is 4.31. The molecule has 0 bridgehead atoms. The molecule has 0 N–H and O–H groups in total. The van der Waals surface area contributed by atoms with Gasteiger partial charge in [0, 0.05) is 31.2 Å². The lowest BCUT2D eigenvalue weighted by atomic mass is 10.1. The molecule has 26 heavy (non-hydrogen) atoms. The van der Waals surface area contributed by atoms with Crippen LogP contribution in [0.15, 0.2) is 24.3 Å². The maximum Gasteiger partial charge on any atom is 0.410 e. The summed E-state index contributed by atoms with van der Waals surface area (Å²) in [5.74, 6) is -0.0449. The molecule has 0 spiro atoms. The van der Waals surface area contributed by atoms with E-state index in [1.165, 1.54) is 4.31 Å². The van der Waals surface area contributed by atoms with Crippen LogP contribution in [0, 0.1) is 0 Å². The van der Waals surface area contributed by atoms with E-state index in [2.05, 4.69) is 0 Å². The van der Waals surface area contributed by atoms with Gasteiger partial charge in [0.1, 0.15) is 5.60 Å². The zero-order chi connectivity index (χ0) is 19.5. The largest absolute Gasteiger partial charge is 0.444 e. The fraction of sp³-hybridized carbons (Fsp3) is 0.611. The Balaban J connectivity index is 1.92. The van der Waals surface area contributed by atoms with Crippen LogP contribution in [0.4, 0.5) is 4.79 Å². The number of rotatable bonds is 4. The van der Waals surface area contributed by atoms with E-state index in [4.69, 9.17) is 16.3 Å². The van der Waals surface area contributed by atoms with Gasteiger partial charge in [-0.25, -0.2) is 17.5 Å². The number of ether oxygens (including phenoxy) is 1. The Labute approximate surface area is 161 Å². The first-order valence-electron chi connectivity index (χ1n) is 8.66. The standard InChI is InChI=1S/C18H27ClN2O4S/c1-18(2,3)25-17(22)20(4)16-9-11-21(12-10-16)26(23,24)13-14-5-7-15(19)8-6-14/h5-8,16H,9-13H2,1-4H3. The highest BCUT2D eigenvalue weighted by atomic mass is 35.5. The van der Waals surface area contributed by atoms with Crippen LogP contribution in [0.1, 0.15) is 39.2 Å². The average Bonchev–Trinajstić information content (AvgIpc) is 2.54. The molecular formula is C18H27ClN2O4S. The van der Waals surface area contributed by atoms with Crippen molar-refractivity contribution < 1.29 is 17.9 Å². The van der Waals surface area contributed by atoms with Gasteiger partial charge in [-0.2, -0.15) is 0 Å². The third-order valence-corrected chi connectivity index (χ3v) is 6.41. The fourth-order valence-electron chi connectivity index (χ4n) is 2.87. The second-order valence-corrected chi connectivity index (χ2v) is 10.0. The van der Waals surface area contributed by atoms with Crippen molar-refractivity contribution in [3.63, 3.8) is 0 Å². The first-order valence-corrected chi connectivity index (χ1v) is 10.6. The number of amides is 1. The van der Waals surface area contributed by atoms with E-state index in [-0.39, 0.29) is 17.9 Å². The topological polar surface area (TPSA) is 66.9 Å². The lowest BCUT2D eigenvalue weighted by Crippen LogP contribution is -2.48. The summed E-state index contributed by atoms with van der Waals surface area (Å²) in [6.45, 7) is 6.27. The van der Waals surface area contributed by atoms with Crippen molar-refractivity contribution in [1.29, 1.82) is 0 Å². The summed E-state index contributed by atoms with van der Waals surface area (Å²) in [5.41, 5.74) is 0.163. The molecule has 0 unspecified atom stereocenters. The molecule has 0 saturated carbocycles. The lowest BCUT2D eigenvalue weighted by Gasteiger charge is -2.36. The Bertz CT molecular complexity index is 721. The zero-order valence-electron chi connectivity index (χ0n) is 15.7. The molecule has 1 amide bonds. The van der Waals surface area contributed by atoms with Crippen molar-refractivity contribution >= 4 is 27.7 Å². The predicted octanol–water partition coefficient (Wildman–Crippen LogP) is 3.50. The molecule has 0 aromatic heterocycles. The van der Waals surface area contributed by atoms with Crippen molar-refractivity contribution in [1.82, 2.24) is 9.21 Å². The number of benzene rings is 1. The van der Waals surface area contributed by atoms with Crippen molar-refractivity contribution in [2.24, 2.45) is 0 Å². The maximum absolute atomic E-state index is 12.6. The lowest BCUT2D eigenvalue weighted by molar-refractivity contribution is 0.0178. The Hall–Kier alpha value is -1.31. The van der Waals surface area contributed by atoms with Crippen LogP contribution in [0.5, 0.6) is 0 Å². The molecule has 1 aromatic carbocycles. The van der Waals surface area contributed by atoms with Crippen molar-refractivity contribution in [2.45, 2.75) is 51.0 Å². The van der Waals surface area contributed by atoms with Gasteiger partial charge in [-0.1, -0.05) is 23.7 Å². The van der Waals surface area contributed by atoms with Gasteiger partial charge in [0.05, 0.1) is 5.75 Å². The Morgan fingerprint density at radius 1 is 1.23 bits per heavy atom. The van der Waals surface area contributed by atoms with Gasteiger partial charge in [0.2, 0.25) is 10.0 Å². The molecule has 1 aliphatic heterocycles. The van der Waals surface area contributed by atoms with E-state index >= 15 is 0 Å². The SMILES string of the molecule is CN(C(=O)OC(C)(C)C)C1CCN(S(=O)(=O)Cc2ccc(Cl)cc2)CC1. The molecule has 1 fully saturated rings. The molecule has 1 saturated heterocycles. The summed E-state index contributed by atoms with van der Waals surface area (Å²) < 4.78 is 32.1. The molecule has 0 radical (unpaired) electrons. The number of nitrogens with zero attached hydrogens (tertiary/aromatic N) is 2. The van der Waals surface area contributed by atoms with Gasteiger partial charge in [-0.15, -0.1) is 0 Å². The predicted molar refractivity (Wildman–Crippen MR) is 103 cm³/mol. The van der Waals surface area contributed by atoms with E-state index in [1.54, 1.807) is 36.2 Å². The highest BCUT2D eigenvalue weighted by Gasteiger charge is 2.32. The van der Waals surface area contributed by atoms with Crippen molar-refractivity contribution in [3.8, 4) is 0 Å². The molecule has 1 heterocycles. The van der Waals surface area contributed by atoms with Crippen LogP contribution in [0.25, 0.3) is 0 Å². The van der Waals surface area contributed by atoms with Crippen LogP contribution in [0.2, 0.25) is 5.02 Å². The minimum Gasteiger partial charge on any atom is -0.444 e. The maximum atomic E-state index is 12.6. The van der Waals surface area contributed by atoms with E-state index in [9.17, 15) is 13.2 Å². The first-order chi connectivity index (χ1) is 12.0. The van der Waals surface area contributed by atoms with Gasteiger partial charge >= 0.3 is 6.09 Å². The number of hydrogen-bond acceptors (Lipinski definition) is 4. The highest BCUT2D eigenvalue weighted by Crippen LogP contribution is 2.22. The Morgan fingerprint density at radius 3 is 2.27 bits per heavy atom. The summed E-state index contributed by atoms with van der Waals surface area (Å²) >= 11 is 5.84. The van der Waals surface area contributed by atoms with Crippen molar-refractivity contribution in [2.75, 3.05) is 20.1 Å². The van der Waals surface area contributed by atoms with Gasteiger partial charge in [0.25, 0.3) is 0 Å². The van der Waals surface area contributed by atoms with E-state index in [0.29, 0.717) is 36.5 Å². The van der Waals surface area contributed by atoms with E-state index in [1.807, 2.05) is 20.8 Å². The summed E-state index contributed by atoms with van der Waals surface area (Å²) in [5, 5.41) is 0.581. The highest BCUT2D eigenvalue weighted by molar-refractivity contribution is 7.88. The van der Waals surface area contributed by atoms with Gasteiger partial charge in [-0.3, -0.25) is 0 Å². The normalized spacial score (nSPS) is 17.1. The number of hydrogen-bond donors (Lipinski definition) is 0. The third kappa shape index (κ3) is 5.86. The van der Waals surface area contributed by atoms with Crippen LogP contribution in [-0.4, -0.2) is 55.5 Å². The number of carbonyl (C=O) groups excluding carboxylic acids is 1. The number of piperidine rings is 1. The van der Waals surface area contributed by atoms with Crippen LogP contribution in [-0.2, 0) is 20.5 Å². The molecule has 146 valence electrons. The average molecular weight is 403 g/mol. The number of sulfonamides is 1. The van der Waals surface area contributed by atoms with Gasteiger partial charge < -0.3 is 9.64 Å².